The Morgan fingerprint density at radius 3 is 2.61 bits per heavy atom. The summed E-state index contributed by atoms with van der Waals surface area (Å²) < 4.78 is 13.3. The molecule has 0 spiro atoms. The van der Waals surface area contributed by atoms with Crippen molar-refractivity contribution in [3.05, 3.63) is 69.0 Å². The van der Waals surface area contributed by atoms with Crippen LogP contribution in [0.3, 0.4) is 0 Å². The van der Waals surface area contributed by atoms with Crippen molar-refractivity contribution in [2.45, 2.75) is 18.3 Å². The summed E-state index contributed by atoms with van der Waals surface area (Å²) in [5.41, 5.74) is -0.348. The number of anilines is 1. The minimum Gasteiger partial charge on any atom is -0.325 e. The number of nitro groups is 1. The van der Waals surface area contributed by atoms with Crippen LogP contribution in [-0.4, -0.2) is 10.8 Å². The van der Waals surface area contributed by atoms with Gasteiger partial charge in [-0.15, -0.1) is 0 Å². The number of nitrogens with one attached hydrogen (secondary N) is 1. The molecule has 1 saturated carbocycles. The van der Waals surface area contributed by atoms with Gasteiger partial charge in [-0.1, -0.05) is 23.7 Å². The van der Waals surface area contributed by atoms with Gasteiger partial charge in [-0.2, -0.15) is 4.39 Å². The van der Waals surface area contributed by atoms with Crippen molar-refractivity contribution in [3.63, 3.8) is 0 Å². The maximum atomic E-state index is 13.3. The summed E-state index contributed by atoms with van der Waals surface area (Å²) in [6.45, 7) is 0. The van der Waals surface area contributed by atoms with Crippen LogP contribution in [0.4, 0.5) is 15.8 Å². The number of halogens is 2. The molecule has 23 heavy (non-hydrogen) atoms. The number of rotatable bonds is 4. The lowest BCUT2D eigenvalue weighted by Gasteiger charge is -2.16. The van der Waals surface area contributed by atoms with E-state index >= 15 is 0 Å². The summed E-state index contributed by atoms with van der Waals surface area (Å²) in [4.78, 5) is 22.5. The van der Waals surface area contributed by atoms with Gasteiger partial charge in [0.2, 0.25) is 11.7 Å². The van der Waals surface area contributed by atoms with Crippen LogP contribution in [0.25, 0.3) is 0 Å². The molecular formula is C16H12ClFN2O3. The molecule has 1 amide bonds. The minimum absolute atomic E-state index is 0.191. The van der Waals surface area contributed by atoms with E-state index in [0.717, 1.165) is 17.7 Å². The van der Waals surface area contributed by atoms with Gasteiger partial charge in [0.1, 0.15) is 0 Å². The summed E-state index contributed by atoms with van der Waals surface area (Å²) >= 11 is 5.97. The van der Waals surface area contributed by atoms with Gasteiger partial charge < -0.3 is 5.32 Å². The van der Waals surface area contributed by atoms with Crippen LogP contribution in [0.1, 0.15) is 18.4 Å². The monoisotopic (exact) mass is 334 g/mol. The molecule has 0 bridgehead atoms. The first-order valence-corrected chi connectivity index (χ1v) is 7.32. The maximum absolute atomic E-state index is 13.3. The first-order valence-electron chi connectivity index (χ1n) is 6.94. The Hall–Kier alpha value is -2.47. The van der Waals surface area contributed by atoms with Gasteiger partial charge in [-0.25, -0.2) is 0 Å². The van der Waals surface area contributed by atoms with Crippen LogP contribution in [0.2, 0.25) is 5.02 Å². The maximum Gasteiger partial charge on any atom is 0.306 e. The average molecular weight is 335 g/mol. The van der Waals surface area contributed by atoms with Crippen molar-refractivity contribution in [1.82, 2.24) is 0 Å². The number of carbonyl (C=O) groups is 1. The molecule has 0 aliphatic heterocycles. The highest BCUT2D eigenvalue weighted by Crippen LogP contribution is 2.49. The number of nitrogens with zero attached hydrogens (tertiary/aromatic N) is 1. The second-order valence-electron chi connectivity index (χ2n) is 5.47. The lowest BCUT2D eigenvalue weighted by molar-refractivity contribution is -0.387. The first kappa shape index (κ1) is 15.4. The largest absolute Gasteiger partial charge is 0.325 e. The molecule has 0 radical (unpaired) electrons. The molecule has 2 aromatic carbocycles. The van der Waals surface area contributed by atoms with Gasteiger partial charge in [0.25, 0.3) is 0 Å². The van der Waals surface area contributed by atoms with Crippen molar-refractivity contribution in [3.8, 4) is 0 Å². The summed E-state index contributed by atoms with van der Waals surface area (Å²) in [5.74, 6) is -1.22. The second-order valence-corrected chi connectivity index (χ2v) is 5.91. The zero-order valence-corrected chi connectivity index (χ0v) is 12.6. The Labute approximate surface area is 136 Å². The molecule has 0 saturated heterocycles. The summed E-state index contributed by atoms with van der Waals surface area (Å²) in [6.07, 6.45) is 1.34. The molecule has 0 heterocycles. The summed E-state index contributed by atoms with van der Waals surface area (Å²) in [5, 5.41) is 13.9. The van der Waals surface area contributed by atoms with Gasteiger partial charge >= 0.3 is 5.69 Å². The van der Waals surface area contributed by atoms with Crippen molar-refractivity contribution in [1.29, 1.82) is 0 Å². The van der Waals surface area contributed by atoms with E-state index in [0.29, 0.717) is 17.9 Å². The first-order chi connectivity index (χ1) is 10.9. The molecule has 5 nitrogen and oxygen atoms in total. The molecule has 0 unspecified atom stereocenters. The van der Waals surface area contributed by atoms with E-state index in [2.05, 4.69) is 5.32 Å². The van der Waals surface area contributed by atoms with E-state index in [1.807, 2.05) is 6.07 Å². The predicted molar refractivity (Wildman–Crippen MR) is 84.0 cm³/mol. The number of amides is 1. The predicted octanol–water partition coefficient (Wildman–Crippen LogP) is 4.06. The van der Waals surface area contributed by atoms with Crippen LogP contribution in [0, 0.1) is 15.9 Å². The van der Waals surface area contributed by atoms with Gasteiger partial charge in [0, 0.05) is 16.8 Å². The van der Waals surface area contributed by atoms with Crippen LogP contribution in [0.5, 0.6) is 0 Å². The molecule has 1 fully saturated rings. The fourth-order valence-corrected chi connectivity index (χ4v) is 2.73. The smallest absolute Gasteiger partial charge is 0.306 e. The van der Waals surface area contributed by atoms with Gasteiger partial charge in [0.05, 0.1) is 10.3 Å². The lowest BCUT2D eigenvalue weighted by Crippen LogP contribution is -2.27. The van der Waals surface area contributed by atoms with Crippen LogP contribution in [0.15, 0.2) is 42.5 Å². The van der Waals surface area contributed by atoms with Gasteiger partial charge in [-0.3, -0.25) is 14.9 Å². The molecule has 0 atom stereocenters. The van der Waals surface area contributed by atoms with E-state index in [1.165, 1.54) is 6.07 Å². The highest BCUT2D eigenvalue weighted by Gasteiger charge is 2.51. The third-order valence-corrected chi connectivity index (χ3v) is 4.20. The third-order valence-electron chi connectivity index (χ3n) is 3.96. The topological polar surface area (TPSA) is 72.2 Å². The summed E-state index contributed by atoms with van der Waals surface area (Å²) in [7, 11) is 0. The minimum atomic E-state index is -0.941. The number of hydrogen-bond donors (Lipinski definition) is 1. The number of benzene rings is 2. The van der Waals surface area contributed by atoms with Crippen LogP contribution < -0.4 is 5.32 Å². The molecule has 7 heteroatoms. The molecule has 2 aromatic rings. The molecule has 118 valence electrons. The molecule has 0 aromatic heterocycles. The quantitative estimate of drug-likeness (QED) is 0.677. The van der Waals surface area contributed by atoms with Crippen LogP contribution in [-0.2, 0) is 10.2 Å². The zero-order valence-electron chi connectivity index (χ0n) is 11.9. The van der Waals surface area contributed by atoms with E-state index in [1.54, 1.807) is 18.2 Å². The highest BCUT2D eigenvalue weighted by atomic mass is 35.5. The average Bonchev–Trinajstić information content (AvgIpc) is 3.30. The Balaban J connectivity index is 1.85. The van der Waals surface area contributed by atoms with Crippen molar-refractivity contribution in [2.75, 3.05) is 5.32 Å². The Kier molecular flexibility index (Phi) is 3.77. The standard InChI is InChI=1S/C16H12ClFN2O3/c17-11-3-1-2-10(8-11)16(6-7-16)15(21)19-12-4-5-13(18)14(9-12)20(22)23/h1-5,8-9H,6-7H2,(H,19,21). The van der Waals surface area contributed by atoms with Gasteiger partial charge in [-0.05, 0) is 42.7 Å². The fraction of sp³-hybridized carbons (Fsp3) is 0.188. The normalized spacial score (nSPS) is 15.0. The van der Waals surface area contributed by atoms with Crippen molar-refractivity contribution < 1.29 is 14.1 Å². The second kappa shape index (κ2) is 5.62. The SMILES string of the molecule is O=C(Nc1ccc(F)c([N+](=O)[O-])c1)C1(c2cccc(Cl)c2)CC1. The Bertz CT molecular complexity index is 806. The number of nitro benzene ring substituents is 1. The summed E-state index contributed by atoms with van der Waals surface area (Å²) in [6, 6.07) is 10.3. The molecule has 1 aliphatic carbocycles. The Morgan fingerprint density at radius 2 is 2.00 bits per heavy atom. The van der Waals surface area contributed by atoms with Crippen molar-refractivity contribution >= 4 is 28.9 Å². The third kappa shape index (κ3) is 2.90. The van der Waals surface area contributed by atoms with Crippen molar-refractivity contribution in [2.24, 2.45) is 0 Å². The number of hydrogen-bond acceptors (Lipinski definition) is 3. The lowest BCUT2D eigenvalue weighted by atomic mass is 9.95. The molecular weight excluding hydrogens is 323 g/mol. The zero-order chi connectivity index (χ0) is 16.6. The molecule has 1 aliphatic rings. The molecule has 3 rings (SSSR count). The Morgan fingerprint density at radius 1 is 1.26 bits per heavy atom. The van der Waals surface area contributed by atoms with Crippen LogP contribution >= 0.6 is 11.6 Å². The molecule has 1 N–H and O–H groups in total. The van der Waals surface area contributed by atoms with E-state index in [9.17, 15) is 19.3 Å². The number of carbonyl (C=O) groups excluding carboxylic acids is 1. The van der Waals surface area contributed by atoms with E-state index < -0.39 is 21.8 Å². The fourth-order valence-electron chi connectivity index (χ4n) is 2.54. The van der Waals surface area contributed by atoms with E-state index in [4.69, 9.17) is 11.6 Å². The van der Waals surface area contributed by atoms with Gasteiger partial charge in [0.15, 0.2) is 0 Å². The highest BCUT2D eigenvalue weighted by molar-refractivity contribution is 6.30. The van der Waals surface area contributed by atoms with E-state index in [-0.39, 0.29) is 11.6 Å².